The number of nitrogens with zero attached hydrogens (tertiary/aromatic N) is 2. The van der Waals surface area contributed by atoms with Crippen LogP contribution in [0.3, 0.4) is 0 Å². The summed E-state index contributed by atoms with van der Waals surface area (Å²) in [6, 6.07) is 6.63. The Kier molecular flexibility index (Phi) is 5.03. The molecule has 3 rings (SSSR count). The van der Waals surface area contributed by atoms with E-state index in [-0.39, 0.29) is 24.4 Å². The van der Waals surface area contributed by atoms with Crippen LogP contribution in [0.1, 0.15) is 36.2 Å². The maximum absolute atomic E-state index is 13.8. The van der Waals surface area contributed by atoms with Gasteiger partial charge >= 0.3 is 0 Å². The number of aliphatic hydroxyl groups is 1. The molecule has 1 aromatic heterocycles. The Morgan fingerprint density at radius 1 is 1.43 bits per heavy atom. The summed E-state index contributed by atoms with van der Waals surface area (Å²) in [6.07, 6.45) is 3.46. The second-order valence-corrected chi connectivity index (χ2v) is 6.54. The Bertz CT molecular complexity index is 689. The molecule has 0 bridgehead atoms. The molecule has 1 N–H and O–H groups in total. The molecule has 1 aromatic carbocycles. The van der Waals surface area contributed by atoms with Crippen LogP contribution in [0.2, 0.25) is 0 Å². The van der Waals surface area contributed by atoms with E-state index in [2.05, 4.69) is 4.98 Å². The van der Waals surface area contributed by atoms with Crippen molar-refractivity contribution in [1.29, 1.82) is 0 Å². The van der Waals surface area contributed by atoms with Crippen molar-refractivity contribution in [2.75, 3.05) is 13.2 Å². The van der Waals surface area contributed by atoms with Crippen LogP contribution in [0.5, 0.6) is 0 Å². The lowest BCUT2D eigenvalue weighted by molar-refractivity contribution is 0.0719. The molecule has 1 unspecified atom stereocenters. The Labute approximate surface area is 138 Å². The number of aliphatic hydroxyl groups excluding tert-OH is 1. The van der Waals surface area contributed by atoms with Gasteiger partial charge in [-0.15, -0.1) is 11.3 Å². The first-order valence-corrected chi connectivity index (χ1v) is 8.71. The summed E-state index contributed by atoms with van der Waals surface area (Å²) in [4.78, 5) is 18.8. The van der Waals surface area contributed by atoms with Crippen LogP contribution in [0.15, 0.2) is 29.6 Å². The lowest BCUT2D eigenvalue weighted by atomic mass is 10.1. The summed E-state index contributed by atoms with van der Waals surface area (Å²) < 4.78 is 13.8. The fourth-order valence-corrected chi connectivity index (χ4v) is 3.83. The molecular formula is C17H19FN2O2S. The van der Waals surface area contributed by atoms with E-state index < -0.39 is 0 Å². The van der Waals surface area contributed by atoms with Crippen LogP contribution in [-0.2, 0) is 0 Å². The fourth-order valence-electron chi connectivity index (χ4n) is 3.01. The molecule has 1 fully saturated rings. The van der Waals surface area contributed by atoms with Gasteiger partial charge in [0.05, 0.1) is 0 Å². The molecule has 1 aliphatic rings. The number of carbonyl (C=O) groups is 1. The standard InChI is InChI=1S/C17H19FN2O2S/c18-14-8-2-1-7-13(14)16-19-15(11-23-16)17(22)20-9-3-5-12(20)6-4-10-21/h1-2,7-8,11-12,21H,3-6,9-10H2. The predicted molar refractivity (Wildman–Crippen MR) is 87.9 cm³/mol. The van der Waals surface area contributed by atoms with E-state index in [9.17, 15) is 9.18 Å². The van der Waals surface area contributed by atoms with Gasteiger partial charge in [-0.1, -0.05) is 12.1 Å². The normalized spacial score (nSPS) is 17.7. The number of aromatic nitrogens is 1. The zero-order chi connectivity index (χ0) is 16.2. The van der Waals surface area contributed by atoms with Gasteiger partial charge in [0.2, 0.25) is 0 Å². The number of benzene rings is 1. The summed E-state index contributed by atoms with van der Waals surface area (Å²) >= 11 is 1.28. The zero-order valence-electron chi connectivity index (χ0n) is 12.7. The average Bonchev–Trinajstić information content (AvgIpc) is 3.22. The third-order valence-electron chi connectivity index (χ3n) is 4.16. The quantitative estimate of drug-likeness (QED) is 0.912. The third-order valence-corrected chi connectivity index (χ3v) is 5.04. The summed E-state index contributed by atoms with van der Waals surface area (Å²) in [5, 5.41) is 11.2. The Morgan fingerprint density at radius 3 is 3.04 bits per heavy atom. The number of hydrogen-bond donors (Lipinski definition) is 1. The van der Waals surface area contributed by atoms with Gasteiger partial charge in [-0.05, 0) is 37.8 Å². The fraction of sp³-hybridized carbons (Fsp3) is 0.412. The SMILES string of the molecule is O=C(c1csc(-c2ccccc2F)n1)N1CCCC1CCCO. The van der Waals surface area contributed by atoms with Crippen molar-refractivity contribution in [2.45, 2.75) is 31.7 Å². The van der Waals surface area contributed by atoms with Gasteiger partial charge in [0.1, 0.15) is 16.5 Å². The van der Waals surface area contributed by atoms with Crippen molar-refractivity contribution < 1.29 is 14.3 Å². The van der Waals surface area contributed by atoms with Gasteiger partial charge in [-0.3, -0.25) is 4.79 Å². The van der Waals surface area contributed by atoms with Crippen molar-refractivity contribution in [3.8, 4) is 10.6 Å². The molecule has 6 heteroatoms. The molecule has 4 nitrogen and oxygen atoms in total. The molecule has 0 aliphatic carbocycles. The number of thiazole rings is 1. The van der Waals surface area contributed by atoms with E-state index in [1.54, 1.807) is 23.6 Å². The maximum Gasteiger partial charge on any atom is 0.273 e. The molecular weight excluding hydrogens is 315 g/mol. The smallest absolute Gasteiger partial charge is 0.273 e. The van der Waals surface area contributed by atoms with Crippen LogP contribution in [0.4, 0.5) is 4.39 Å². The van der Waals surface area contributed by atoms with Gasteiger partial charge < -0.3 is 10.0 Å². The minimum atomic E-state index is -0.331. The van der Waals surface area contributed by atoms with Crippen molar-refractivity contribution in [3.05, 3.63) is 41.2 Å². The van der Waals surface area contributed by atoms with Crippen LogP contribution in [0.25, 0.3) is 10.6 Å². The van der Waals surface area contributed by atoms with Crippen molar-refractivity contribution in [1.82, 2.24) is 9.88 Å². The summed E-state index contributed by atoms with van der Waals surface area (Å²) in [7, 11) is 0. The van der Waals surface area contributed by atoms with Crippen molar-refractivity contribution in [3.63, 3.8) is 0 Å². The topological polar surface area (TPSA) is 53.4 Å². The first-order chi connectivity index (χ1) is 11.2. The monoisotopic (exact) mass is 334 g/mol. The molecule has 1 amide bonds. The Morgan fingerprint density at radius 2 is 2.26 bits per heavy atom. The molecule has 0 radical (unpaired) electrons. The molecule has 2 heterocycles. The second kappa shape index (κ2) is 7.19. The van der Waals surface area contributed by atoms with E-state index in [4.69, 9.17) is 5.11 Å². The minimum absolute atomic E-state index is 0.0933. The molecule has 0 spiro atoms. The highest BCUT2D eigenvalue weighted by molar-refractivity contribution is 7.13. The molecule has 0 saturated carbocycles. The summed E-state index contributed by atoms with van der Waals surface area (Å²) in [5.74, 6) is -0.424. The van der Waals surface area contributed by atoms with Gasteiger partial charge in [0, 0.05) is 30.1 Å². The van der Waals surface area contributed by atoms with E-state index in [0.29, 0.717) is 22.7 Å². The zero-order valence-corrected chi connectivity index (χ0v) is 13.6. The minimum Gasteiger partial charge on any atom is -0.396 e. The molecule has 23 heavy (non-hydrogen) atoms. The predicted octanol–water partition coefficient (Wildman–Crippen LogP) is 3.33. The first kappa shape index (κ1) is 16.1. The number of rotatable bonds is 5. The van der Waals surface area contributed by atoms with Gasteiger partial charge in [0.25, 0.3) is 5.91 Å². The highest BCUT2D eigenvalue weighted by Gasteiger charge is 2.30. The maximum atomic E-state index is 13.8. The number of likely N-dealkylation sites (tertiary alicyclic amines) is 1. The van der Waals surface area contributed by atoms with Gasteiger partial charge in [0.15, 0.2) is 0 Å². The molecule has 2 aromatic rings. The third kappa shape index (κ3) is 3.43. The Balaban J connectivity index is 1.77. The number of halogens is 1. The van der Waals surface area contributed by atoms with Gasteiger partial charge in [-0.25, -0.2) is 9.37 Å². The molecule has 1 aliphatic heterocycles. The lowest BCUT2D eigenvalue weighted by Crippen LogP contribution is -2.35. The van der Waals surface area contributed by atoms with E-state index in [1.165, 1.54) is 17.4 Å². The Hall–Kier alpha value is -1.79. The largest absolute Gasteiger partial charge is 0.396 e. The lowest BCUT2D eigenvalue weighted by Gasteiger charge is -2.23. The highest BCUT2D eigenvalue weighted by Crippen LogP contribution is 2.28. The van der Waals surface area contributed by atoms with Crippen molar-refractivity contribution in [2.24, 2.45) is 0 Å². The van der Waals surface area contributed by atoms with Crippen LogP contribution in [0, 0.1) is 5.82 Å². The summed E-state index contributed by atoms with van der Waals surface area (Å²) in [6.45, 7) is 0.869. The van der Waals surface area contributed by atoms with Crippen LogP contribution >= 0.6 is 11.3 Å². The first-order valence-electron chi connectivity index (χ1n) is 7.83. The molecule has 122 valence electrons. The number of carbonyl (C=O) groups excluding carboxylic acids is 1. The molecule has 1 atom stereocenters. The highest BCUT2D eigenvalue weighted by atomic mass is 32.1. The second-order valence-electron chi connectivity index (χ2n) is 5.68. The van der Waals surface area contributed by atoms with Crippen LogP contribution in [-0.4, -0.2) is 40.1 Å². The number of hydrogen-bond acceptors (Lipinski definition) is 4. The number of amides is 1. The van der Waals surface area contributed by atoms with E-state index in [1.807, 2.05) is 4.90 Å². The van der Waals surface area contributed by atoms with Crippen LogP contribution < -0.4 is 0 Å². The molecule has 1 saturated heterocycles. The van der Waals surface area contributed by atoms with E-state index >= 15 is 0 Å². The van der Waals surface area contributed by atoms with Gasteiger partial charge in [-0.2, -0.15) is 0 Å². The summed E-state index contributed by atoms with van der Waals surface area (Å²) in [5.41, 5.74) is 0.805. The van der Waals surface area contributed by atoms with Crippen molar-refractivity contribution >= 4 is 17.2 Å². The van der Waals surface area contributed by atoms with E-state index in [0.717, 1.165) is 25.8 Å². The average molecular weight is 334 g/mol.